The van der Waals surface area contributed by atoms with Gasteiger partial charge in [-0.3, -0.25) is 9.58 Å². The molecule has 102 valence electrons. The van der Waals surface area contributed by atoms with E-state index in [2.05, 4.69) is 16.9 Å². The van der Waals surface area contributed by atoms with E-state index in [4.69, 9.17) is 17.3 Å². The molecule has 2 unspecified atom stereocenters. The van der Waals surface area contributed by atoms with E-state index in [9.17, 15) is 0 Å². The van der Waals surface area contributed by atoms with Crippen LogP contribution in [0.25, 0.3) is 0 Å². The fourth-order valence-corrected chi connectivity index (χ4v) is 2.99. The Kier molecular flexibility index (Phi) is 4.30. The van der Waals surface area contributed by atoms with Gasteiger partial charge in [-0.05, 0) is 38.3 Å². The first-order valence-electron chi connectivity index (χ1n) is 6.63. The van der Waals surface area contributed by atoms with Crippen LogP contribution in [-0.4, -0.2) is 34.3 Å². The summed E-state index contributed by atoms with van der Waals surface area (Å²) in [6.07, 6.45) is 1.22. The Labute approximate surface area is 114 Å². The van der Waals surface area contributed by atoms with Crippen LogP contribution in [0.4, 0.5) is 0 Å². The van der Waals surface area contributed by atoms with Gasteiger partial charge in [0, 0.05) is 25.7 Å². The van der Waals surface area contributed by atoms with Crippen molar-refractivity contribution in [1.82, 2.24) is 14.7 Å². The number of nitrogens with zero attached hydrogens (tertiary/aromatic N) is 3. The fraction of sp³-hybridized carbons (Fsp3) is 0.769. The number of hydrogen-bond donors (Lipinski definition) is 1. The molecular formula is C13H23ClN4. The van der Waals surface area contributed by atoms with Crippen LogP contribution in [0.5, 0.6) is 0 Å². The van der Waals surface area contributed by atoms with Crippen LogP contribution in [-0.2, 0) is 13.6 Å². The Balaban J connectivity index is 2.05. The molecule has 4 nitrogen and oxygen atoms in total. The topological polar surface area (TPSA) is 47.1 Å². The summed E-state index contributed by atoms with van der Waals surface area (Å²) in [4.78, 5) is 2.45. The molecule has 0 amide bonds. The van der Waals surface area contributed by atoms with E-state index in [0.717, 1.165) is 48.5 Å². The molecule has 0 bridgehead atoms. The first-order valence-corrected chi connectivity index (χ1v) is 7.01. The number of nitrogens with two attached hydrogens (primary N) is 1. The van der Waals surface area contributed by atoms with Gasteiger partial charge in [-0.25, -0.2) is 0 Å². The first-order chi connectivity index (χ1) is 8.52. The summed E-state index contributed by atoms with van der Waals surface area (Å²) in [5.74, 6) is 1.34. The van der Waals surface area contributed by atoms with Crippen LogP contribution < -0.4 is 5.73 Å². The summed E-state index contributed by atoms with van der Waals surface area (Å²) in [5, 5.41) is 5.12. The lowest BCUT2D eigenvalue weighted by molar-refractivity contribution is 0.126. The summed E-state index contributed by atoms with van der Waals surface area (Å²) in [5.41, 5.74) is 8.03. The van der Waals surface area contributed by atoms with Crippen LogP contribution in [0.3, 0.4) is 0 Å². The lowest BCUT2D eigenvalue weighted by Crippen LogP contribution is -2.42. The molecule has 0 spiro atoms. The van der Waals surface area contributed by atoms with Crippen molar-refractivity contribution in [2.75, 3.05) is 19.6 Å². The highest BCUT2D eigenvalue weighted by Gasteiger charge is 2.26. The zero-order valence-corrected chi connectivity index (χ0v) is 12.2. The van der Waals surface area contributed by atoms with Gasteiger partial charge in [-0.1, -0.05) is 18.5 Å². The van der Waals surface area contributed by atoms with Crippen LogP contribution >= 0.6 is 11.6 Å². The van der Waals surface area contributed by atoms with E-state index in [1.807, 2.05) is 14.0 Å². The normalized spacial score (nSPS) is 25.6. The third-order valence-electron chi connectivity index (χ3n) is 4.15. The number of rotatable bonds is 3. The van der Waals surface area contributed by atoms with Crippen molar-refractivity contribution < 1.29 is 0 Å². The van der Waals surface area contributed by atoms with Crippen LogP contribution in [0.1, 0.15) is 24.6 Å². The van der Waals surface area contributed by atoms with Crippen LogP contribution in [0.2, 0.25) is 5.15 Å². The van der Waals surface area contributed by atoms with Gasteiger partial charge in [-0.2, -0.15) is 5.10 Å². The average Bonchev–Trinajstić information content (AvgIpc) is 2.58. The predicted octanol–water partition coefficient (Wildman–Crippen LogP) is 1.80. The van der Waals surface area contributed by atoms with Gasteiger partial charge < -0.3 is 5.73 Å². The van der Waals surface area contributed by atoms with Crippen molar-refractivity contribution in [3.8, 4) is 0 Å². The smallest absolute Gasteiger partial charge is 0.131 e. The maximum atomic E-state index is 6.28. The standard InChI is InChI=1S/C13H23ClN4/c1-9-4-5-18(7-11(9)6-15)8-12-10(2)16-17(3)13(12)14/h9,11H,4-8,15H2,1-3H3. The largest absolute Gasteiger partial charge is 0.330 e. The fourth-order valence-electron chi connectivity index (χ4n) is 2.75. The van der Waals surface area contributed by atoms with Crippen LogP contribution in [0.15, 0.2) is 0 Å². The molecular weight excluding hydrogens is 248 g/mol. The summed E-state index contributed by atoms with van der Waals surface area (Å²) >= 11 is 6.28. The molecule has 1 saturated heterocycles. The molecule has 2 rings (SSSR count). The maximum Gasteiger partial charge on any atom is 0.131 e. The second kappa shape index (κ2) is 5.59. The van der Waals surface area contributed by atoms with Gasteiger partial charge in [0.05, 0.1) is 5.69 Å². The zero-order chi connectivity index (χ0) is 13.3. The highest BCUT2D eigenvalue weighted by Crippen LogP contribution is 2.26. The minimum atomic E-state index is 0.606. The molecule has 2 N–H and O–H groups in total. The molecule has 2 atom stereocenters. The molecule has 0 radical (unpaired) electrons. The van der Waals surface area contributed by atoms with E-state index in [0.29, 0.717) is 5.92 Å². The van der Waals surface area contributed by atoms with Crippen molar-refractivity contribution in [2.45, 2.75) is 26.8 Å². The molecule has 0 aliphatic carbocycles. The summed E-state index contributed by atoms with van der Waals surface area (Å²) < 4.78 is 1.75. The first kappa shape index (κ1) is 13.8. The van der Waals surface area contributed by atoms with E-state index >= 15 is 0 Å². The number of halogens is 1. The predicted molar refractivity (Wildman–Crippen MR) is 74.6 cm³/mol. The number of hydrogen-bond acceptors (Lipinski definition) is 3. The average molecular weight is 271 g/mol. The Morgan fingerprint density at radius 3 is 2.78 bits per heavy atom. The lowest BCUT2D eigenvalue weighted by atomic mass is 9.87. The molecule has 0 saturated carbocycles. The molecule has 1 fully saturated rings. The second-order valence-corrected chi connectivity index (χ2v) is 5.83. The monoisotopic (exact) mass is 270 g/mol. The van der Waals surface area contributed by atoms with Crippen molar-refractivity contribution >= 4 is 11.6 Å². The number of aryl methyl sites for hydroxylation is 2. The van der Waals surface area contributed by atoms with E-state index in [1.54, 1.807) is 4.68 Å². The molecule has 1 aromatic heterocycles. The molecule has 0 aromatic carbocycles. The molecule has 2 heterocycles. The Bertz CT molecular complexity index is 415. The third-order valence-corrected chi connectivity index (χ3v) is 4.63. The molecule has 18 heavy (non-hydrogen) atoms. The number of aromatic nitrogens is 2. The van der Waals surface area contributed by atoms with Gasteiger partial charge in [0.15, 0.2) is 0 Å². The Morgan fingerprint density at radius 2 is 2.22 bits per heavy atom. The van der Waals surface area contributed by atoms with Crippen molar-refractivity contribution in [3.63, 3.8) is 0 Å². The van der Waals surface area contributed by atoms with Gasteiger partial charge in [0.1, 0.15) is 5.15 Å². The minimum Gasteiger partial charge on any atom is -0.330 e. The van der Waals surface area contributed by atoms with E-state index in [-0.39, 0.29) is 0 Å². The summed E-state index contributed by atoms with van der Waals surface area (Å²) in [7, 11) is 1.89. The Hall–Kier alpha value is -0.580. The Morgan fingerprint density at radius 1 is 1.50 bits per heavy atom. The van der Waals surface area contributed by atoms with E-state index < -0.39 is 0 Å². The van der Waals surface area contributed by atoms with Gasteiger partial charge >= 0.3 is 0 Å². The number of piperidine rings is 1. The SMILES string of the molecule is Cc1nn(C)c(Cl)c1CN1CCC(C)C(CN)C1. The highest BCUT2D eigenvalue weighted by atomic mass is 35.5. The molecule has 1 aliphatic heterocycles. The quantitative estimate of drug-likeness (QED) is 0.911. The minimum absolute atomic E-state index is 0.606. The van der Waals surface area contributed by atoms with E-state index in [1.165, 1.54) is 6.42 Å². The van der Waals surface area contributed by atoms with Crippen molar-refractivity contribution in [3.05, 3.63) is 16.4 Å². The third kappa shape index (κ3) is 2.71. The van der Waals surface area contributed by atoms with Gasteiger partial charge in [0.2, 0.25) is 0 Å². The second-order valence-electron chi connectivity index (χ2n) is 5.48. The zero-order valence-electron chi connectivity index (χ0n) is 11.5. The lowest BCUT2D eigenvalue weighted by Gasteiger charge is -2.36. The number of likely N-dealkylation sites (tertiary alicyclic amines) is 1. The molecule has 1 aliphatic rings. The molecule has 5 heteroatoms. The van der Waals surface area contributed by atoms with Crippen molar-refractivity contribution in [1.29, 1.82) is 0 Å². The summed E-state index contributed by atoms with van der Waals surface area (Å²) in [6, 6.07) is 0. The van der Waals surface area contributed by atoms with Gasteiger partial charge in [0.25, 0.3) is 0 Å². The van der Waals surface area contributed by atoms with Crippen molar-refractivity contribution in [2.24, 2.45) is 24.6 Å². The molecule has 1 aromatic rings. The van der Waals surface area contributed by atoms with Gasteiger partial charge in [-0.15, -0.1) is 0 Å². The maximum absolute atomic E-state index is 6.28. The highest BCUT2D eigenvalue weighted by molar-refractivity contribution is 6.30. The van der Waals surface area contributed by atoms with Crippen LogP contribution in [0, 0.1) is 18.8 Å². The summed E-state index contributed by atoms with van der Waals surface area (Å²) in [6.45, 7) is 8.19.